The Morgan fingerprint density at radius 1 is 1.07 bits per heavy atom. The summed E-state index contributed by atoms with van der Waals surface area (Å²) in [7, 11) is 5.31. The van der Waals surface area contributed by atoms with Gasteiger partial charge < -0.3 is 14.5 Å². The minimum Gasteiger partial charge on any atom is -0.497 e. The van der Waals surface area contributed by atoms with E-state index < -0.39 is 11.7 Å². The predicted molar refractivity (Wildman–Crippen MR) is 107 cm³/mol. The molecule has 0 aliphatic carbocycles. The molecule has 7 heteroatoms. The molecule has 1 amide bonds. The first kappa shape index (κ1) is 22.5. The van der Waals surface area contributed by atoms with Gasteiger partial charge in [0.15, 0.2) is 0 Å². The lowest BCUT2D eigenvalue weighted by molar-refractivity contribution is -0.137. The summed E-state index contributed by atoms with van der Waals surface area (Å²) in [4.78, 5) is 16.2. The van der Waals surface area contributed by atoms with Gasteiger partial charge >= 0.3 is 6.18 Å². The average molecular weight is 406 g/mol. The van der Waals surface area contributed by atoms with Gasteiger partial charge in [0.2, 0.25) is 5.91 Å². The highest BCUT2D eigenvalue weighted by atomic mass is 19.4. The lowest BCUT2D eigenvalue weighted by Crippen LogP contribution is -2.35. The maximum absolute atomic E-state index is 13.0. The molecule has 0 spiro atoms. The number of ether oxygens (including phenoxy) is 1. The summed E-state index contributed by atoms with van der Waals surface area (Å²) in [5, 5.41) is 0. The first-order valence-corrected chi connectivity index (χ1v) is 9.11. The van der Waals surface area contributed by atoms with Crippen LogP contribution in [0.1, 0.15) is 16.7 Å². The molecule has 2 rings (SSSR count). The van der Waals surface area contributed by atoms with Crippen LogP contribution in [0.2, 0.25) is 0 Å². The molecular formula is C22H25F3N2O2. The van der Waals surface area contributed by atoms with Crippen molar-refractivity contribution in [3.8, 4) is 5.75 Å². The molecule has 0 aromatic heterocycles. The van der Waals surface area contributed by atoms with E-state index in [0.29, 0.717) is 24.4 Å². The minimum absolute atomic E-state index is 0.0963. The van der Waals surface area contributed by atoms with E-state index in [4.69, 9.17) is 4.74 Å². The van der Waals surface area contributed by atoms with Crippen molar-refractivity contribution in [2.45, 2.75) is 12.7 Å². The fourth-order valence-electron chi connectivity index (χ4n) is 2.67. The number of methoxy groups -OCH3 is 1. The van der Waals surface area contributed by atoms with Gasteiger partial charge in [0.1, 0.15) is 5.75 Å². The molecule has 0 radical (unpaired) electrons. The first-order valence-electron chi connectivity index (χ1n) is 9.11. The molecule has 0 atom stereocenters. The molecule has 0 aliphatic rings. The first-order chi connectivity index (χ1) is 13.7. The van der Waals surface area contributed by atoms with Crippen molar-refractivity contribution < 1.29 is 22.7 Å². The topological polar surface area (TPSA) is 32.8 Å². The Kier molecular flexibility index (Phi) is 7.84. The van der Waals surface area contributed by atoms with Crippen LogP contribution in [0.15, 0.2) is 54.6 Å². The number of benzene rings is 2. The summed E-state index contributed by atoms with van der Waals surface area (Å²) in [5.41, 5.74) is 0.507. The van der Waals surface area contributed by atoms with Gasteiger partial charge in [0.25, 0.3) is 0 Å². The van der Waals surface area contributed by atoms with E-state index in [9.17, 15) is 18.0 Å². The Morgan fingerprint density at radius 3 is 2.45 bits per heavy atom. The zero-order chi connectivity index (χ0) is 21.4. The van der Waals surface area contributed by atoms with Crippen molar-refractivity contribution in [1.82, 2.24) is 9.80 Å². The van der Waals surface area contributed by atoms with E-state index in [1.54, 1.807) is 31.4 Å². The van der Waals surface area contributed by atoms with Crippen LogP contribution in [0.4, 0.5) is 13.2 Å². The number of alkyl halides is 3. The molecule has 0 fully saturated rings. The smallest absolute Gasteiger partial charge is 0.416 e. The quantitative estimate of drug-likeness (QED) is 0.612. The second-order valence-corrected chi connectivity index (χ2v) is 6.87. The van der Waals surface area contributed by atoms with Crippen molar-refractivity contribution in [2.75, 3.05) is 34.3 Å². The highest BCUT2D eigenvalue weighted by Gasteiger charge is 2.30. The molecule has 0 N–H and O–H groups in total. The van der Waals surface area contributed by atoms with Gasteiger partial charge in [-0.25, -0.2) is 0 Å². The second-order valence-electron chi connectivity index (χ2n) is 6.87. The van der Waals surface area contributed by atoms with Crippen LogP contribution in [-0.4, -0.2) is 50.0 Å². The maximum Gasteiger partial charge on any atom is 0.416 e. The summed E-state index contributed by atoms with van der Waals surface area (Å²) in [5.74, 6) is 0.403. The third kappa shape index (κ3) is 7.27. The molecule has 2 aromatic carbocycles. The Morgan fingerprint density at radius 2 is 1.79 bits per heavy atom. The number of nitrogens with zero attached hydrogens (tertiary/aromatic N) is 2. The molecular weight excluding hydrogens is 381 g/mol. The minimum atomic E-state index is -4.42. The van der Waals surface area contributed by atoms with Crippen molar-refractivity contribution in [2.24, 2.45) is 0 Å². The van der Waals surface area contributed by atoms with Gasteiger partial charge in [-0.2, -0.15) is 13.2 Å². The molecule has 4 nitrogen and oxygen atoms in total. The molecule has 0 aliphatic heterocycles. The van der Waals surface area contributed by atoms with Crippen molar-refractivity contribution in [3.05, 3.63) is 71.3 Å². The molecule has 0 saturated heterocycles. The number of hydrogen-bond acceptors (Lipinski definition) is 3. The van der Waals surface area contributed by atoms with Crippen LogP contribution in [0.25, 0.3) is 6.08 Å². The Balaban J connectivity index is 2.18. The number of halogens is 3. The molecule has 29 heavy (non-hydrogen) atoms. The summed E-state index contributed by atoms with van der Waals surface area (Å²) >= 11 is 0. The number of hydrogen-bond donors (Lipinski definition) is 0. The number of carbonyl (C=O) groups excluding carboxylic acids is 1. The standard InChI is InChI=1S/C22H25F3N2O2/c1-26(2)12-13-27(16-18-7-4-8-19(14-18)22(23,24)25)21(28)11-10-17-6-5-9-20(15-17)29-3/h4-11,14-15H,12-13,16H2,1-3H3/b11-10+. The molecule has 0 bridgehead atoms. The third-order valence-electron chi connectivity index (χ3n) is 4.27. The van der Waals surface area contributed by atoms with Crippen LogP contribution in [0, 0.1) is 0 Å². The highest BCUT2D eigenvalue weighted by Crippen LogP contribution is 2.29. The van der Waals surface area contributed by atoms with Crippen molar-refractivity contribution in [3.63, 3.8) is 0 Å². The van der Waals surface area contributed by atoms with Crippen LogP contribution in [-0.2, 0) is 17.5 Å². The van der Waals surface area contributed by atoms with Crippen LogP contribution >= 0.6 is 0 Å². The lowest BCUT2D eigenvalue weighted by atomic mass is 10.1. The largest absolute Gasteiger partial charge is 0.497 e. The maximum atomic E-state index is 13.0. The fraction of sp³-hybridized carbons (Fsp3) is 0.318. The van der Waals surface area contributed by atoms with Gasteiger partial charge in [-0.15, -0.1) is 0 Å². The van der Waals surface area contributed by atoms with Gasteiger partial charge in [-0.3, -0.25) is 4.79 Å². The van der Waals surface area contributed by atoms with Crippen molar-refractivity contribution in [1.29, 1.82) is 0 Å². The number of rotatable bonds is 8. The number of amides is 1. The van der Waals surface area contributed by atoms with Crippen LogP contribution in [0.3, 0.4) is 0 Å². The Labute approximate surface area is 169 Å². The summed E-state index contributed by atoms with van der Waals surface area (Å²) in [6, 6.07) is 12.3. The summed E-state index contributed by atoms with van der Waals surface area (Å²) in [6.45, 7) is 1.08. The predicted octanol–water partition coefficient (Wildman–Crippen LogP) is 4.32. The Hall–Kier alpha value is -2.80. The monoisotopic (exact) mass is 406 g/mol. The number of carbonyl (C=O) groups is 1. The van der Waals surface area contributed by atoms with Crippen LogP contribution < -0.4 is 4.74 Å². The molecule has 156 valence electrons. The van der Waals surface area contributed by atoms with Gasteiger partial charge in [0, 0.05) is 25.7 Å². The third-order valence-corrected chi connectivity index (χ3v) is 4.27. The SMILES string of the molecule is COc1cccc(/C=C/C(=O)N(CCN(C)C)Cc2cccc(C(F)(F)F)c2)c1. The van der Waals surface area contributed by atoms with E-state index in [0.717, 1.165) is 17.7 Å². The number of likely N-dealkylation sites (N-methyl/N-ethyl adjacent to an activating group) is 1. The normalized spacial score (nSPS) is 11.8. The van der Waals surface area contributed by atoms with E-state index in [-0.39, 0.29) is 12.5 Å². The van der Waals surface area contributed by atoms with E-state index in [1.807, 2.05) is 31.1 Å². The lowest BCUT2D eigenvalue weighted by Gasteiger charge is -2.24. The van der Waals surface area contributed by atoms with E-state index in [1.165, 1.54) is 17.0 Å². The highest BCUT2D eigenvalue weighted by molar-refractivity contribution is 5.91. The Bertz CT molecular complexity index is 848. The van der Waals surface area contributed by atoms with Gasteiger partial charge in [-0.05, 0) is 55.6 Å². The van der Waals surface area contributed by atoms with Crippen LogP contribution in [0.5, 0.6) is 5.75 Å². The van der Waals surface area contributed by atoms with Gasteiger partial charge in [-0.1, -0.05) is 24.3 Å². The molecule has 0 saturated carbocycles. The van der Waals surface area contributed by atoms with Gasteiger partial charge in [0.05, 0.1) is 12.7 Å². The van der Waals surface area contributed by atoms with E-state index >= 15 is 0 Å². The molecule has 0 unspecified atom stereocenters. The zero-order valence-corrected chi connectivity index (χ0v) is 16.7. The fourth-order valence-corrected chi connectivity index (χ4v) is 2.67. The molecule has 0 heterocycles. The zero-order valence-electron chi connectivity index (χ0n) is 16.7. The summed E-state index contributed by atoms with van der Waals surface area (Å²) < 4.78 is 44.1. The second kappa shape index (κ2) is 10.1. The van der Waals surface area contributed by atoms with E-state index in [2.05, 4.69) is 0 Å². The average Bonchev–Trinajstić information content (AvgIpc) is 2.69. The summed E-state index contributed by atoms with van der Waals surface area (Å²) in [6.07, 6.45) is -1.32. The molecule has 2 aromatic rings. The van der Waals surface area contributed by atoms with Crippen molar-refractivity contribution >= 4 is 12.0 Å².